The monoisotopic (exact) mass is 335 g/mol. The molecule has 0 saturated heterocycles. The number of benzene rings is 1. The average Bonchev–Trinajstić information content (AvgIpc) is 3.14. The van der Waals surface area contributed by atoms with Crippen molar-refractivity contribution in [2.24, 2.45) is 0 Å². The number of hydrogen-bond acceptors (Lipinski definition) is 6. The van der Waals surface area contributed by atoms with Gasteiger partial charge in [0.05, 0.1) is 27.6 Å². The van der Waals surface area contributed by atoms with E-state index < -0.39 is 6.10 Å². The lowest BCUT2D eigenvalue weighted by Gasteiger charge is -2.14. The largest absolute Gasteiger partial charge is 0.493 e. The van der Waals surface area contributed by atoms with Crippen LogP contribution in [0.25, 0.3) is 0 Å². The summed E-state index contributed by atoms with van der Waals surface area (Å²) in [6.45, 7) is 0.289. The van der Waals surface area contributed by atoms with Gasteiger partial charge in [0, 0.05) is 12.1 Å². The van der Waals surface area contributed by atoms with Gasteiger partial charge in [-0.1, -0.05) is 0 Å². The van der Waals surface area contributed by atoms with E-state index >= 15 is 0 Å². The first-order valence-electron chi connectivity index (χ1n) is 7.40. The molecule has 0 aliphatic carbocycles. The first-order chi connectivity index (χ1) is 11.6. The van der Waals surface area contributed by atoms with E-state index in [0.717, 1.165) is 0 Å². The van der Waals surface area contributed by atoms with Crippen molar-refractivity contribution in [1.82, 2.24) is 5.32 Å². The van der Waals surface area contributed by atoms with Crippen LogP contribution < -0.4 is 19.5 Å². The standard InChI is InChI=1S/C17H21NO6/c1-21-14-9-11(10-15(22-2)16(14)23-3)17(20)18-7-6-12(19)13-5-4-8-24-13/h4-5,8-10,12,19H,6-7H2,1-3H3,(H,18,20). The molecule has 0 fully saturated rings. The van der Waals surface area contributed by atoms with Crippen LogP contribution >= 0.6 is 0 Å². The summed E-state index contributed by atoms with van der Waals surface area (Å²) in [7, 11) is 4.47. The van der Waals surface area contributed by atoms with Gasteiger partial charge in [0.2, 0.25) is 5.75 Å². The molecule has 1 unspecified atom stereocenters. The number of aliphatic hydroxyl groups is 1. The molecule has 1 aromatic heterocycles. The number of methoxy groups -OCH3 is 3. The zero-order valence-corrected chi connectivity index (χ0v) is 13.9. The topological polar surface area (TPSA) is 90.2 Å². The van der Waals surface area contributed by atoms with Crippen molar-refractivity contribution in [3.05, 3.63) is 41.9 Å². The molecule has 0 aliphatic rings. The van der Waals surface area contributed by atoms with Crippen LogP contribution in [0.3, 0.4) is 0 Å². The lowest BCUT2D eigenvalue weighted by Crippen LogP contribution is -2.25. The van der Waals surface area contributed by atoms with E-state index in [-0.39, 0.29) is 12.5 Å². The second kappa shape index (κ2) is 8.26. The Kier molecular flexibility index (Phi) is 6.08. The summed E-state index contributed by atoms with van der Waals surface area (Å²) in [4.78, 5) is 12.3. The van der Waals surface area contributed by atoms with Gasteiger partial charge in [-0.15, -0.1) is 0 Å². The van der Waals surface area contributed by atoms with Crippen molar-refractivity contribution in [1.29, 1.82) is 0 Å². The Morgan fingerprint density at radius 2 is 1.88 bits per heavy atom. The molecule has 2 rings (SSSR count). The SMILES string of the molecule is COc1cc(C(=O)NCCC(O)c2ccco2)cc(OC)c1OC. The summed E-state index contributed by atoms with van der Waals surface area (Å²) >= 11 is 0. The smallest absolute Gasteiger partial charge is 0.251 e. The number of amides is 1. The van der Waals surface area contributed by atoms with Gasteiger partial charge in [0.25, 0.3) is 5.91 Å². The van der Waals surface area contributed by atoms with Gasteiger partial charge >= 0.3 is 0 Å². The van der Waals surface area contributed by atoms with Crippen LogP contribution in [-0.4, -0.2) is 38.9 Å². The Balaban J connectivity index is 2.01. The Hall–Kier alpha value is -2.67. The summed E-state index contributed by atoms with van der Waals surface area (Å²) in [6, 6.07) is 6.53. The van der Waals surface area contributed by atoms with Crippen molar-refractivity contribution in [3.8, 4) is 17.2 Å². The molecule has 130 valence electrons. The minimum absolute atomic E-state index is 0.289. The lowest BCUT2D eigenvalue weighted by molar-refractivity contribution is 0.0935. The van der Waals surface area contributed by atoms with Crippen LogP contribution in [0.4, 0.5) is 0 Å². The first kappa shape index (κ1) is 17.7. The van der Waals surface area contributed by atoms with Gasteiger partial charge in [-0.25, -0.2) is 0 Å². The minimum atomic E-state index is -0.764. The molecule has 7 nitrogen and oxygen atoms in total. The van der Waals surface area contributed by atoms with Crippen molar-refractivity contribution in [2.45, 2.75) is 12.5 Å². The molecule has 1 atom stereocenters. The second-order valence-corrected chi connectivity index (χ2v) is 4.99. The summed E-state index contributed by atoms with van der Waals surface area (Å²) in [5.74, 6) is 1.39. The Morgan fingerprint density at radius 1 is 1.21 bits per heavy atom. The Bertz CT molecular complexity index is 643. The maximum absolute atomic E-state index is 12.3. The Labute approximate surface area is 140 Å². The van der Waals surface area contributed by atoms with Gasteiger partial charge in [-0.05, 0) is 30.7 Å². The fraction of sp³-hybridized carbons (Fsp3) is 0.353. The molecule has 0 saturated carbocycles. The van der Waals surface area contributed by atoms with E-state index in [1.807, 2.05) is 0 Å². The molecule has 0 bridgehead atoms. The highest BCUT2D eigenvalue weighted by molar-refractivity contribution is 5.95. The zero-order chi connectivity index (χ0) is 17.5. The summed E-state index contributed by atoms with van der Waals surface area (Å²) in [6.07, 6.45) is 1.07. The van der Waals surface area contributed by atoms with E-state index in [4.69, 9.17) is 18.6 Å². The van der Waals surface area contributed by atoms with E-state index in [9.17, 15) is 9.90 Å². The summed E-state index contributed by atoms with van der Waals surface area (Å²) in [5, 5.41) is 12.7. The molecular weight excluding hydrogens is 314 g/mol. The van der Waals surface area contributed by atoms with Crippen LogP contribution in [0.2, 0.25) is 0 Å². The maximum Gasteiger partial charge on any atom is 0.251 e. The summed E-state index contributed by atoms with van der Waals surface area (Å²) < 4.78 is 20.8. The van der Waals surface area contributed by atoms with Gasteiger partial charge in [-0.2, -0.15) is 0 Å². The number of furan rings is 1. The minimum Gasteiger partial charge on any atom is -0.493 e. The second-order valence-electron chi connectivity index (χ2n) is 4.99. The molecule has 0 aliphatic heterocycles. The van der Waals surface area contributed by atoms with E-state index in [2.05, 4.69) is 5.32 Å². The molecule has 1 amide bonds. The molecule has 0 radical (unpaired) electrons. The number of carbonyl (C=O) groups excluding carboxylic acids is 1. The average molecular weight is 335 g/mol. The fourth-order valence-electron chi connectivity index (χ4n) is 2.26. The predicted octanol–water partition coefficient (Wildman–Crippen LogP) is 2.16. The van der Waals surface area contributed by atoms with Gasteiger partial charge in [0.1, 0.15) is 11.9 Å². The number of hydrogen-bond donors (Lipinski definition) is 2. The number of nitrogens with one attached hydrogen (secondary N) is 1. The molecule has 2 aromatic rings. The highest BCUT2D eigenvalue weighted by Crippen LogP contribution is 2.38. The highest BCUT2D eigenvalue weighted by atomic mass is 16.5. The van der Waals surface area contributed by atoms with Crippen LogP contribution in [-0.2, 0) is 0 Å². The third-order valence-corrected chi connectivity index (χ3v) is 3.50. The summed E-state index contributed by atoms with van der Waals surface area (Å²) in [5.41, 5.74) is 0.372. The molecule has 2 N–H and O–H groups in total. The fourth-order valence-corrected chi connectivity index (χ4v) is 2.26. The normalized spacial score (nSPS) is 11.7. The number of ether oxygens (including phenoxy) is 3. The van der Waals surface area contributed by atoms with Crippen LogP contribution in [0, 0.1) is 0 Å². The van der Waals surface area contributed by atoms with Crippen molar-refractivity contribution >= 4 is 5.91 Å². The molecule has 7 heteroatoms. The molecule has 1 heterocycles. The predicted molar refractivity (Wildman–Crippen MR) is 86.7 cm³/mol. The lowest BCUT2D eigenvalue weighted by atomic mass is 10.1. The van der Waals surface area contributed by atoms with Crippen molar-refractivity contribution < 1.29 is 28.5 Å². The quantitative estimate of drug-likeness (QED) is 0.768. The van der Waals surface area contributed by atoms with E-state index in [1.54, 1.807) is 24.3 Å². The zero-order valence-electron chi connectivity index (χ0n) is 13.9. The van der Waals surface area contributed by atoms with Gasteiger partial charge in [-0.3, -0.25) is 4.79 Å². The van der Waals surface area contributed by atoms with Crippen LogP contribution in [0.15, 0.2) is 34.9 Å². The van der Waals surface area contributed by atoms with Crippen molar-refractivity contribution in [3.63, 3.8) is 0 Å². The molecule has 1 aromatic carbocycles. The first-order valence-corrected chi connectivity index (χ1v) is 7.40. The van der Waals surface area contributed by atoms with E-state index in [1.165, 1.54) is 27.6 Å². The van der Waals surface area contributed by atoms with E-state index in [0.29, 0.717) is 35.0 Å². The molecular formula is C17H21NO6. The highest BCUT2D eigenvalue weighted by Gasteiger charge is 2.17. The third-order valence-electron chi connectivity index (χ3n) is 3.50. The maximum atomic E-state index is 12.3. The molecule has 24 heavy (non-hydrogen) atoms. The number of carbonyl (C=O) groups is 1. The van der Waals surface area contributed by atoms with Gasteiger partial charge < -0.3 is 29.1 Å². The molecule has 0 spiro atoms. The van der Waals surface area contributed by atoms with Crippen LogP contribution in [0.5, 0.6) is 17.2 Å². The Morgan fingerprint density at radius 3 is 2.38 bits per heavy atom. The number of rotatable bonds is 8. The van der Waals surface area contributed by atoms with Crippen LogP contribution in [0.1, 0.15) is 28.6 Å². The third kappa shape index (κ3) is 3.99. The van der Waals surface area contributed by atoms with Gasteiger partial charge in [0.15, 0.2) is 11.5 Å². The number of aliphatic hydroxyl groups excluding tert-OH is 1. The van der Waals surface area contributed by atoms with Crippen molar-refractivity contribution in [2.75, 3.05) is 27.9 Å².